The molecule has 0 aliphatic carbocycles. The van der Waals surface area contributed by atoms with Gasteiger partial charge in [0.15, 0.2) is 18.1 Å². The van der Waals surface area contributed by atoms with Crippen LogP contribution in [0.25, 0.3) is 0 Å². The van der Waals surface area contributed by atoms with Gasteiger partial charge in [0.25, 0.3) is 5.91 Å². The summed E-state index contributed by atoms with van der Waals surface area (Å²) in [6.45, 7) is 3.15. The van der Waals surface area contributed by atoms with E-state index in [1.54, 1.807) is 18.1 Å². The zero-order valence-corrected chi connectivity index (χ0v) is 15.5. The minimum atomic E-state index is -0.0457. The summed E-state index contributed by atoms with van der Waals surface area (Å²) in [5.74, 6) is 2.48. The number of para-hydroxylation sites is 2. The van der Waals surface area contributed by atoms with Gasteiger partial charge in [-0.05, 0) is 25.1 Å². The maximum atomic E-state index is 12.6. The maximum Gasteiger partial charge on any atom is 0.260 e. The lowest BCUT2D eigenvalue weighted by Gasteiger charge is -2.28. The predicted molar refractivity (Wildman–Crippen MR) is 99.9 cm³/mol. The Hall–Kier alpha value is -2.67. The molecule has 0 spiro atoms. The number of fused-ring (bicyclic) bond motifs is 1. The highest BCUT2D eigenvalue weighted by Crippen LogP contribution is 2.26. The molecule has 0 radical (unpaired) electrons. The molecule has 0 saturated carbocycles. The molecule has 2 aromatic rings. The highest BCUT2D eigenvalue weighted by atomic mass is 16.5. The Morgan fingerprint density at radius 2 is 2.19 bits per heavy atom. The summed E-state index contributed by atoms with van der Waals surface area (Å²) in [6.07, 6.45) is 3.73. The fraction of sp³-hybridized carbons (Fsp3) is 0.450. The van der Waals surface area contributed by atoms with Crippen LogP contribution in [0.4, 0.5) is 0 Å². The van der Waals surface area contributed by atoms with Gasteiger partial charge in [-0.25, -0.2) is 9.97 Å². The van der Waals surface area contributed by atoms with Gasteiger partial charge in [0.2, 0.25) is 0 Å². The molecule has 7 nitrogen and oxygen atoms in total. The van der Waals surface area contributed by atoms with Crippen molar-refractivity contribution in [2.24, 2.45) is 0 Å². The lowest BCUT2D eigenvalue weighted by Crippen LogP contribution is -2.39. The first kappa shape index (κ1) is 17.7. The summed E-state index contributed by atoms with van der Waals surface area (Å²) < 4.78 is 10.9. The van der Waals surface area contributed by atoms with E-state index in [9.17, 15) is 4.79 Å². The standard InChI is InChI=1S/C20H24N4O3/c1-26-17-4-2-3-5-18(17)27-13-19(25)24-9-7-16-15(12-24)11-22-20(23-16)14-6-8-21-10-14/h2-5,11,14,21H,6-10,12-13H2,1H3. The Morgan fingerprint density at radius 1 is 1.33 bits per heavy atom. The lowest BCUT2D eigenvalue weighted by atomic mass is 10.0. The quantitative estimate of drug-likeness (QED) is 0.862. The van der Waals surface area contributed by atoms with Crippen molar-refractivity contribution in [1.82, 2.24) is 20.2 Å². The number of rotatable bonds is 5. The van der Waals surface area contributed by atoms with Crippen LogP contribution >= 0.6 is 0 Å². The molecule has 0 bridgehead atoms. The Bertz CT molecular complexity index is 821. The maximum absolute atomic E-state index is 12.6. The largest absolute Gasteiger partial charge is 0.493 e. The number of ether oxygens (including phenoxy) is 2. The highest BCUT2D eigenvalue weighted by Gasteiger charge is 2.25. The van der Waals surface area contributed by atoms with E-state index in [2.05, 4.69) is 10.3 Å². The second-order valence-electron chi connectivity index (χ2n) is 6.89. The Balaban J connectivity index is 1.38. The van der Waals surface area contributed by atoms with Crippen molar-refractivity contribution in [1.29, 1.82) is 0 Å². The van der Waals surface area contributed by atoms with Crippen LogP contribution in [0.15, 0.2) is 30.5 Å². The van der Waals surface area contributed by atoms with Gasteiger partial charge in [0.05, 0.1) is 12.8 Å². The number of carbonyl (C=O) groups is 1. The Kier molecular flexibility index (Phi) is 5.20. The van der Waals surface area contributed by atoms with Crippen LogP contribution in [0, 0.1) is 0 Å². The molecule has 1 unspecified atom stereocenters. The van der Waals surface area contributed by atoms with E-state index in [-0.39, 0.29) is 12.5 Å². The SMILES string of the molecule is COc1ccccc1OCC(=O)N1CCc2nc(C3CCNC3)ncc2C1. The van der Waals surface area contributed by atoms with Crippen LogP contribution in [0.2, 0.25) is 0 Å². The van der Waals surface area contributed by atoms with Gasteiger partial charge < -0.3 is 19.7 Å². The molecule has 1 N–H and O–H groups in total. The highest BCUT2D eigenvalue weighted by molar-refractivity contribution is 5.78. The van der Waals surface area contributed by atoms with Crippen LogP contribution in [-0.4, -0.2) is 54.1 Å². The average Bonchev–Trinajstić information content (AvgIpc) is 3.26. The van der Waals surface area contributed by atoms with Crippen molar-refractivity contribution in [2.75, 3.05) is 33.4 Å². The Labute approximate surface area is 158 Å². The molecule has 7 heteroatoms. The second kappa shape index (κ2) is 7.92. The number of carbonyl (C=O) groups excluding carboxylic acids is 1. The van der Waals surface area contributed by atoms with E-state index < -0.39 is 0 Å². The molecule has 2 aliphatic rings. The van der Waals surface area contributed by atoms with Crippen molar-refractivity contribution in [2.45, 2.75) is 25.3 Å². The zero-order chi connectivity index (χ0) is 18.6. The molecule has 1 atom stereocenters. The van der Waals surface area contributed by atoms with Crippen LogP contribution in [0.3, 0.4) is 0 Å². The molecule has 3 heterocycles. The third-order valence-electron chi connectivity index (χ3n) is 5.15. The van der Waals surface area contributed by atoms with Crippen molar-refractivity contribution in [3.63, 3.8) is 0 Å². The first-order chi connectivity index (χ1) is 13.2. The summed E-state index contributed by atoms with van der Waals surface area (Å²) in [5.41, 5.74) is 2.10. The summed E-state index contributed by atoms with van der Waals surface area (Å²) in [4.78, 5) is 23.7. The molecule has 1 aromatic heterocycles. The fourth-order valence-electron chi connectivity index (χ4n) is 3.59. The predicted octanol–water partition coefficient (Wildman–Crippen LogP) is 1.53. The van der Waals surface area contributed by atoms with E-state index in [1.165, 1.54) is 0 Å². The average molecular weight is 368 g/mol. The Morgan fingerprint density at radius 3 is 2.96 bits per heavy atom. The van der Waals surface area contributed by atoms with Crippen molar-refractivity contribution in [3.8, 4) is 11.5 Å². The van der Waals surface area contributed by atoms with E-state index in [0.717, 1.165) is 43.0 Å². The van der Waals surface area contributed by atoms with Gasteiger partial charge in [-0.3, -0.25) is 4.79 Å². The van der Waals surface area contributed by atoms with Gasteiger partial charge in [0.1, 0.15) is 5.82 Å². The third-order valence-corrected chi connectivity index (χ3v) is 5.15. The first-order valence-corrected chi connectivity index (χ1v) is 9.33. The molecule has 2 aliphatic heterocycles. The molecule has 4 rings (SSSR count). The first-order valence-electron chi connectivity index (χ1n) is 9.33. The number of aromatic nitrogens is 2. The smallest absolute Gasteiger partial charge is 0.260 e. The van der Waals surface area contributed by atoms with Gasteiger partial charge in [-0.1, -0.05) is 12.1 Å². The molecule has 1 amide bonds. The second-order valence-corrected chi connectivity index (χ2v) is 6.89. The number of methoxy groups -OCH3 is 1. The van der Waals surface area contributed by atoms with Gasteiger partial charge in [-0.15, -0.1) is 0 Å². The summed E-state index contributed by atoms with van der Waals surface area (Å²) in [5, 5.41) is 3.35. The number of nitrogens with one attached hydrogen (secondary N) is 1. The van der Waals surface area contributed by atoms with Gasteiger partial charge >= 0.3 is 0 Å². The van der Waals surface area contributed by atoms with Gasteiger partial charge in [-0.2, -0.15) is 0 Å². The normalized spacial score (nSPS) is 18.9. The third kappa shape index (κ3) is 3.88. The van der Waals surface area contributed by atoms with Gasteiger partial charge in [0, 0.05) is 43.7 Å². The summed E-state index contributed by atoms with van der Waals surface area (Å²) in [7, 11) is 1.58. The minimum absolute atomic E-state index is 0.0115. The van der Waals surface area contributed by atoms with E-state index in [0.29, 0.717) is 30.5 Å². The zero-order valence-electron chi connectivity index (χ0n) is 15.5. The fourth-order valence-corrected chi connectivity index (χ4v) is 3.59. The minimum Gasteiger partial charge on any atom is -0.493 e. The monoisotopic (exact) mass is 368 g/mol. The van der Waals surface area contributed by atoms with Crippen molar-refractivity contribution >= 4 is 5.91 Å². The molecule has 1 saturated heterocycles. The topological polar surface area (TPSA) is 76.6 Å². The number of nitrogens with zero attached hydrogens (tertiary/aromatic N) is 3. The van der Waals surface area contributed by atoms with E-state index in [1.807, 2.05) is 24.4 Å². The van der Waals surface area contributed by atoms with Crippen LogP contribution in [0.1, 0.15) is 29.4 Å². The molecular weight excluding hydrogens is 344 g/mol. The van der Waals surface area contributed by atoms with Crippen molar-refractivity contribution < 1.29 is 14.3 Å². The molecule has 27 heavy (non-hydrogen) atoms. The molecular formula is C20H24N4O3. The van der Waals surface area contributed by atoms with E-state index in [4.69, 9.17) is 14.5 Å². The molecule has 1 aromatic carbocycles. The number of hydrogen-bond acceptors (Lipinski definition) is 6. The number of benzene rings is 1. The lowest BCUT2D eigenvalue weighted by molar-refractivity contribution is -0.134. The number of hydrogen-bond donors (Lipinski definition) is 1. The van der Waals surface area contributed by atoms with Crippen LogP contribution < -0.4 is 14.8 Å². The molecule has 142 valence electrons. The van der Waals surface area contributed by atoms with Crippen molar-refractivity contribution in [3.05, 3.63) is 47.5 Å². The van der Waals surface area contributed by atoms with Crippen LogP contribution in [-0.2, 0) is 17.8 Å². The number of amides is 1. The summed E-state index contributed by atoms with van der Waals surface area (Å²) in [6, 6.07) is 7.33. The van der Waals surface area contributed by atoms with E-state index >= 15 is 0 Å². The van der Waals surface area contributed by atoms with Crippen LogP contribution in [0.5, 0.6) is 11.5 Å². The molecule has 1 fully saturated rings. The summed E-state index contributed by atoms with van der Waals surface area (Å²) >= 11 is 0.